The number of benzene rings is 2. The molecule has 2 aromatic carbocycles. The van der Waals surface area contributed by atoms with E-state index in [2.05, 4.69) is 31.3 Å². The highest BCUT2D eigenvalue weighted by Crippen LogP contribution is 2.28. The van der Waals surface area contributed by atoms with Gasteiger partial charge in [-0.3, -0.25) is 4.79 Å². The van der Waals surface area contributed by atoms with E-state index in [0.29, 0.717) is 21.6 Å². The van der Waals surface area contributed by atoms with E-state index in [9.17, 15) is 4.79 Å². The largest absolute Gasteiger partial charge is 0.347 e. The zero-order valence-electron chi connectivity index (χ0n) is 15.5. The molecule has 0 radical (unpaired) electrons. The molecule has 1 heterocycles. The Morgan fingerprint density at radius 2 is 1.76 bits per heavy atom. The third-order valence-corrected chi connectivity index (χ3v) is 6.27. The summed E-state index contributed by atoms with van der Waals surface area (Å²) in [5.41, 5.74) is 1.52. The molecule has 0 spiro atoms. The minimum Gasteiger partial charge on any atom is -0.347 e. The van der Waals surface area contributed by atoms with Gasteiger partial charge in [0.15, 0.2) is 5.82 Å². The minimum absolute atomic E-state index is 0.138. The number of nitrogens with one attached hydrogen (secondary N) is 1. The summed E-state index contributed by atoms with van der Waals surface area (Å²) >= 11 is 15.7. The first-order valence-corrected chi connectivity index (χ1v) is 11.1. The number of hydrogen-bond donors (Lipinski definition) is 1. The van der Waals surface area contributed by atoms with Crippen molar-refractivity contribution in [2.24, 2.45) is 0 Å². The van der Waals surface area contributed by atoms with Crippen LogP contribution in [0.1, 0.15) is 42.7 Å². The highest BCUT2D eigenvalue weighted by Gasteiger charge is 2.22. The van der Waals surface area contributed by atoms with Gasteiger partial charge in [0.2, 0.25) is 5.82 Å². The summed E-state index contributed by atoms with van der Waals surface area (Å²) in [7, 11) is 0. The Bertz CT molecular complexity index is 1030. The van der Waals surface area contributed by atoms with Crippen LogP contribution >= 0.6 is 39.1 Å². The van der Waals surface area contributed by atoms with Crippen molar-refractivity contribution in [3.63, 3.8) is 0 Å². The van der Waals surface area contributed by atoms with Gasteiger partial charge in [-0.1, -0.05) is 70.5 Å². The van der Waals surface area contributed by atoms with Gasteiger partial charge >= 0.3 is 0 Å². The van der Waals surface area contributed by atoms with Crippen molar-refractivity contribution in [1.82, 2.24) is 20.1 Å². The molecule has 0 aliphatic heterocycles. The topological polar surface area (TPSA) is 59.8 Å². The number of carbonyl (C=O) groups excluding carboxylic acids is 1. The summed E-state index contributed by atoms with van der Waals surface area (Å²) in [5, 5.41) is 8.44. The van der Waals surface area contributed by atoms with Crippen molar-refractivity contribution >= 4 is 45.0 Å². The van der Waals surface area contributed by atoms with E-state index in [4.69, 9.17) is 23.2 Å². The lowest BCUT2D eigenvalue weighted by Gasteiger charge is -2.21. The maximum absolute atomic E-state index is 12.8. The first kappa shape index (κ1) is 20.4. The zero-order valence-corrected chi connectivity index (χ0v) is 18.6. The van der Waals surface area contributed by atoms with E-state index in [1.165, 1.54) is 6.42 Å². The monoisotopic (exact) mass is 492 g/mol. The van der Waals surface area contributed by atoms with Crippen LogP contribution in [0.15, 0.2) is 46.9 Å². The highest BCUT2D eigenvalue weighted by molar-refractivity contribution is 9.10. The second-order valence-electron chi connectivity index (χ2n) is 7.08. The Morgan fingerprint density at radius 3 is 2.45 bits per heavy atom. The predicted molar refractivity (Wildman–Crippen MR) is 119 cm³/mol. The van der Waals surface area contributed by atoms with Crippen LogP contribution in [0, 0.1) is 0 Å². The summed E-state index contributed by atoms with van der Waals surface area (Å²) in [6.45, 7) is 0. The summed E-state index contributed by atoms with van der Waals surface area (Å²) in [6.07, 6.45) is 5.50. The third-order valence-electron chi connectivity index (χ3n) is 5.00. The smallest absolute Gasteiger partial charge is 0.291 e. The third kappa shape index (κ3) is 4.65. The molecule has 150 valence electrons. The van der Waals surface area contributed by atoms with Gasteiger partial charge in [0.1, 0.15) is 0 Å². The lowest BCUT2D eigenvalue weighted by molar-refractivity contribution is 0.0917. The molecule has 1 aliphatic rings. The average molecular weight is 494 g/mol. The number of rotatable bonds is 4. The Morgan fingerprint density at radius 1 is 1.03 bits per heavy atom. The molecule has 1 N–H and O–H groups in total. The Balaban J connectivity index is 1.72. The lowest BCUT2D eigenvalue weighted by atomic mass is 9.95. The molecular formula is C21H19BrCl2N4O. The Labute approximate surface area is 187 Å². The number of nitrogens with zero attached hydrogens (tertiary/aromatic N) is 3. The molecule has 3 aromatic rings. The average Bonchev–Trinajstić information content (AvgIpc) is 3.17. The van der Waals surface area contributed by atoms with Crippen LogP contribution in [-0.2, 0) is 0 Å². The normalized spacial score (nSPS) is 14.7. The second kappa shape index (κ2) is 8.86. The molecule has 0 unspecified atom stereocenters. The van der Waals surface area contributed by atoms with Gasteiger partial charge in [0, 0.05) is 16.1 Å². The number of carbonyl (C=O) groups is 1. The van der Waals surface area contributed by atoms with Crippen LogP contribution in [0.5, 0.6) is 0 Å². The van der Waals surface area contributed by atoms with E-state index in [-0.39, 0.29) is 17.8 Å². The molecule has 0 atom stereocenters. The molecule has 0 bridgehead atoms. The van der Waals surface area contributed by atoms with Gasteiger partial charge < -0.3 is 5.32 Å². The van der Waals surface area contributed by atoms with Gasteiger partial charge in [-0.25, -0.2) is 9.67 Å². The quantitative estimate of drug-likeness (QED) is 0.480. The SMILES string of the molecule is O=C(NC1CCCCC1)c1nc(-c2ccc(Br)cc2)n(-c2ccc(Cl)c(Cl)c2)n1. The standard InChI is InChI=1S/C21H19BrCl2N4O/c22-14-8-6-13(7-9-14)20-26-19(21(29)25-15-4-2-1-3-5-15)27-28(20)16-10-11-17(23)18(24)12-16/h6-12,15H,1-5H2,(H,25,29). The van der Waals surface area contributed by atoms with Crippen molar-refractivity contribution in [3.05, 3.63) is 62.8 Å². The maximum Gasteiger partial charge on any atom is 0.291 e. The van der Waals surface area contributed by atoms with Crippen LogP contribution in [0.25, 0.3) is 17.1 Å². The molecule has 1 aromatic heterocycles. The summed E-state index contributed by atoms with van der Waals surface area (Å²) in [4.78, 5) is 17.4. The van der Waals surface area contributed by atoms with Crippen molar-refractivity contribution in [1.29, 1.82) is 0 Å². The molecule has 1 aliphatic carbocycles. The van der Waals surface area contributed by atoms with E-state index >= 15 is 0 Å². The van der Waals surface area contributed by atoms with Crippen LogP contribution < -0.4 is 5.32 Å². The van der Waals surface area contributed by atoms with Gasteiger partial charge in [0.05, 0.1) is 15.7 Å². The fraction of sp³-hybridized carbons (Fsp3) is 0.286. The van der Waals surface area contributed by atoms with E-state index < -0.39 is 0 Å². The predicted octanol–water partition coefficient (Wildman–Crippen LogP) is 6.07. The summed E-state index contributed by atoms with van der Waals surface area (Å²) in [6, 6.07) is 13.1. The molecule has 1 saturated carbocycles. The minimum atomic E-state index is -0.255. The Kier molecular flexibility index (Phi) is 6.23. The van der Waals surface area contributed by atoms with Gasteiger partial charge in [0.25, 0.3) is 5.91 Å². The summed E-state index contributed by atoms with van der Waals surface area (Å²) in [5.74, 6) is 0.443. The first-order chi connectivity index (χ1) is 14.0. The van der Waals surface area contributed by atoms with E-state index in [1.807, 2.05) is 24.3 Å². The van der Waals surface area contributed by atoms with Crippen LogP contribution in [0.4, 0.5) is 0 Å². The molecule has 8 heteroatoms. The maximum atomic E-state index is 12.8. The van der Waals surface area contributed by atoms with E-state index in [0.717, 1.165) is 35.7 Å². The van der Waals surface area contributed by atoms with Crippen molar-refractivity contribution < 1.29 is 4.79 Å². The zero-order chi connectivity index (χ0) is 20.4. The molecule has 5 nitrogen and oxygen atoms in total. The molecular weight excluding hydrogens is 475 g/mol. The number of amides is 1. The molecule has 1 amide bonds. The first-order valence-electron chi connectivity index (χ1n) is 9.50. The van der Waals surface area contributed by atoms with E-state index in [1.54, 1.807) is 22.9 Å². The van der Waals surface area contributed by atoms with Crippen molar-refractivity contribution in [2.75, 3.05) is 0 Å². The fourth-order valence-electron chi connectivity index (χ4n) is 3.49. The molecule has 1 fully saturated rings. The van der Waals surface area contributed by atoms with Crippen molar-refractivity contribution in [2.45, 2.75) is 38.1 Å². The van der Waals surface area contributed by atoms with Gasteiger partial charge in [-0.15, -0.1) is 5.10 Å². The van der Waals surface area contributed by atoms with Crippen molar-refractivity contribution in [3.8, 4) is 17.1 Å². The molecule has 4 rings (SSSR count). The second-order valence-corrected chi connectivity index (χ2v) is 8.81. The number of aromatic nitrogens is 3. The number of hydrogen-bond acceptors (Lipinski definition) is 3. The summed E-state index contributed by atoms with van der Waals surface area (Å²) < 4.78 is 2.58. The molecule has 29 heavy (non-hydrogen) atoms. The van der Waals surface area contributed by atoms with Gasteiger partial charge in [-0.05, 0) is 43.2 Å². The number of halogens is 3. The molecule has 0 saturated heterocycles. The van der Waals surface area contributed by atoms with Crippen LogP contribution in [-0.4, -0.2) is 26.7 Å². The van der Waals surface area contributed by atoms with Crippen LogP contribution in [0.3, 0.4) is 0 Å². The fourth-order valence-corrected chi connectivity index (χ4v) is 4.04. The van der Waals surface area contributed by atoms with Gasteiger partial charge in [-0.2, -0.15) is 0 Å². The highest BCUT2D eigenvalue weighted by atomic mass is 79.9. The Hall–Kier alpha value is -1.89. The lowest BCUT2D eigenvalue weighted by Crippen LogP contribution is -2.36. The van der Waals surface area contributed by atoms with Crippen LogP contribution in [0.2, 0.25) is 10.0 Å².